The fourth-order valence-electron chi connectivity index (χ4n) is 2.52. The van der Waals surface area contributed by atoms with Gasteiger partial charge in [0.05, 0.1) is 6.54 Å². The van der Waals surface area contributed by atoms with Gasteiger partial charge in [-0.1, -0.05) is 6.07 Å². The van der Waals surface area contributed by atoms with Gasteiger partial charge in [0.25, 0.3) is 0 Å². The lowest BCUT2D eigenvalue weighted by molar-refractivity contribution is 0.534. The minimum atomic E-state index is 0. The summed E-state index contributed by atoms with van der Waals surface area (Å²) in [5, 5.41) is 4.72. The zero-order chi connectivity index (χ0) is 13.4. The molecule has 0 spiro atoms. The van der Waals surface area contributed by atoms with E-state index in [1.165, 1.54) is 27.7 Å². The van der Waals surface area contributed by atoms with Crippen molar-refractivity contribution in [2.24, 2.45) is 4.99 Å². The molecule has 2 aromatic rings. The van der Waals surface area contributed by atoms with Crippen molar-refractivity contribution in [1.29, 1.82) is 0 Å². The van der Waals surface area contributed by atoms with Crippen molar-refractivity contribution in [3.05, 3.63) is 35.0 Å². The molecular formula is C15H21IN4. The Morgan fingerprint density at radius 2 is 2.15 bits per heavy atom. The van der Waals surface area contributed by atoms with Gasteiger partial charge in [-0.25, -0.2) is 0 Å². The first kappa shape index (κ1) is 15.2. The molecule has 0 aliphatic carbocycles. The maximum absolute atomic E-state index is 4.44. The van der Waals surface area contributed by atoms with Gasteiger partial charge < -0.3 is 15.2 Å². The Balaban J connectivity index is 0.00000147. The van der Waals surface area contributed by atoms with E-state index in [0.717, 1.165) is 25.6 Å². The standard InChI is InChI=1S/C15H20N4.HI/c1-10-11(2)18-14-5-4-12(8-13(10)14)9-17-15-16-6-7-19(15)3;/h4-5,8,18H,6-7,9H2,1-3H3,(H,16,17);1H. The average molecular weight is 384 g/mol. The molecule has 2 heterocycles. The fraction of sp³-hybridized carbons (Fsp3) is 0.400. The van der Waals surface area contributed by atoms with Crippen molar-refractivity contribution in [2.45, 2.75) is 20.4 Å². The highest BCUT2D eigenvalue weighted by Crippen LogP contribution is 2.22. The van der Waals surface area contributed by atoms with Crippen LogP contribution in [0.4, 0.5) is 0 Å². The Morgan fingerprint density at radius 1 is 1.35 bits per heavy atom. The van der Waals surface area contributed by atoms with Gasteiger partial charge in [0.2, 0.25) is 0 Å². The maximum Gasteiger partial charge on any atom is 0.194 e. The first-order valence-corrected chi connectivity index (χ1v) is 6.72. The zero-order valence-electron chi connectivity index (χ0n) is 12.2. The molecule has 1 aliphatic rings. The van der Waals surface area contributed by atoms with Crippen LogP contribution in [0.5, 0.6) is 0 Å². The summed E-state index contributed by atoms with van der Waals surface area (Å²) >= 11 is 0. The van der Waals surface area contributed by atoms with Crippen molar-refractivity contribution in [3.63, 3.8) is 0 Å². The van der Waals surface area contributed by atoms with E-state index < -0.39 is 0 Å². The second-order valence-corrected chi connectivity index (χ2v) is 5.24. The number of fused-ring (bicyclic) bond motifs is 1. The number of aryl methyl sites for hydroxylation is 2. The summed E-state index contributed by atoms with van der Waals surface area (Å²) in [6.07, 6.45) is 0. The second kappa shape index (κ2) is 6.03. The summed E-state index contributed by atoms with van der Waals surface area (Å²) in [6.45, 7) is 7.02. The van der Waals surface area contributed by atoms with Crippen LogP contribution < -0.4 is 5.32 Å². The SMILES string of the molecule is Cc1[nH]c2ccc(CNC3=NCCN3C)cc2c1C.I. The van der Waals surface area contributed by atoms with Crippen LogP contribution in [0.15, 0.2) is 23.2 Å². The maximum atomic E-state index is 4.44. The highest BCUT2D eigenvalue weighted by Gasteiger charge is 2.11. The van der Waals surface area contributed by atoms with E-state index in [4.69, 9.17) is 0 Å². The van der Waals surface area contributed by atoms with Crippen molar-refractivity contribution in [2.75, 3.05) is 20.1 Å². The van der Waals surface area contributed by atoms with E-state index in [2.05, 4.69) is 59.3 Å². The third-order valence-electron chi connectivity index (χ3n) is 3.88. The van der Waals surface area contributed by atoms with Gasteiger partial charge in [0.1, 0.15) is 0 Å². The Bertz CT molecular complexity index is 645. The fourth-order valence-corrected chi connectivity index (χ4v) is 2.52. The molecule has 3 rings (SSSR count). The number of aromatic nitrogens is 1. The molecular weight excluding hydrogens is 363 g/mol. The molecule has 2 N–H and O–H groups in total. The normalized spacial score (nSPS) is 14.3. The van der Waals surface area contributed by atoms with E-state index in [0.29, 0.717) is 0 Å². The molecule has 0 amide bonds. The number of halogens is 1. The molecule has 108 valence electrons. The molecule has 0 radical (unpaired) electrons. The van der Waals surface area contributed by atoms with E-state index in [-0.39, 0.29) is 24.0 Å². The average Bonchev–Trinajstić information content (AvgIpc) is 2.93. The van der Waals surface area contributed by atoms with Crippen LogP contribution in [0.1, 0.15) is 16.8 Å². The molecule has 1 aromatic heterocycles. The number of nitrogens with one attached hydrogen (secondary N) is 2. The lowest BCUT2D eigenvalue weighted by Crippen LogP contribution is -2.35. The first-order chi connectivity index (χ1) is 9.15. The van der Waals surface area contributed by atoms with E-state index in [1.807, 2.05) is 0 Å². The molecule has 0 atom stereocenters. The van der Waals surface area contributed by atoms with Crippen LogP contribution in [0.2, 0.25) is 0 Å². The molecule has 4 nitrogen and oxygen atoms in total. The number of hydrogen-bond acceptors (Lipinski definition) is 3. The number of likely N-dealkylation sites (N-methyl/N-ethyl adjacent to an activating group) is 1. The molecule has 0 unspecified atom stereocenters. The largest absolute Gasteiger partial charge is 0.358 e. The summed E-state index contributed by atoms with van der Waals surface area (Å²) in [6, 6.07) is 6.59. The van der Waals surface area contributed by atoms with Crippen LogP contribution in [0.25, 0.3) is 10.9 Å². The Hall–Kier alpha value is -1.24. The smallest absolute Gasteiger partial charge is 0.194 e. The number of guanidine groups is 1. The van der Waals surface area contributed by atoms with Crippen molar-refractivity contribution < 1.29 is 0 Å². The van der Waals surface area contributed by atoms with Gasteiger partial charge in [-0.2, -0.15) is 0 Å². The predicted octanol–water partition coefficient (Wildman–Crippen LogP) is 2.79. The predicted molar refractivity (Wildman–Crippen MR) is 95.0 cm³/mol. The van der Waals surface area contributed by atoms with Gasteiger partial charge in [-0.3, -0.25) is 4.99 Å². The van der Waals surface area contributed by atoms with Gasteiger partial charge in [0, 0.05) is 36.7 Å². The quantitative estimate of drug-likeness (QED) is 0.783. The number of aromatic amines is 1. The third-order valence-corrected chi connectivity index (χ3v) is 3.88. The van der Waals surface area contributed by atoms with Crippen molar-refractivity contribution >= 4 is 40.8 Å². The summed E-state index contributed by atoms with van der Waals surface area (Å²) < 4.78 is 0. The molecule has 5 heteroatoms. The van der Waals surface area contributed by atoms with Gasteiger partial charge in [0.15, 0.2) is 5.96 Å². The Morgan fingerprint density at radius 3 is 2.85 bits per heavy atom. The molecule has 20 heavy (non-hydrogen) atoms. The van der Waals surface area contributed by atoms with Crippen LogP contribution in [0, 0.1) is 13.8 Å². The summed E-state index contributed by atoms with van der Waals surface area (Å²) in [7, 11) is 2.07. The van der Waals surface area contributed by atoms with Crippen LogP contribution >= 0.6 is 24.0 Å². The second-order valence-electron chi connectivity index (χ2n) is 5.24. The highest BCUT2D eigenvalue weighted by molar-refractivity contribution is 14.0. The Labute approximate surface area is 136 Å². The van der Waals surface area contributed by atoms with Crippen molar-refractivity contribution in [1.82, 2.24) is 15.2 Å². The third kappa shape index (κ3) is 2.77. The van der Waals surface area contributed by atoms with Gasteiger partial charge in [-0.05, 0) is 37.1 Å². The van der Waals surface area contributed by atoms with Crippen LogP contribution in [-0.2, 0) is 6.54 Å². The number of nitrogens with zero attached hydrogens (tertiary/aromatic N) is 2. The molecule has 0 bridgehead atoms. The van der Waals surface area contributed by atoms with Gasteiger partial charge in [-0.15, -0.1) is 24.0 Å². The number of aliphatic imine (C=N–C) groups is 1. The van der Waals surface area contributed by atoms with Crippen molar-refractivity contribution in [3.8, 4) is 0 Å². The zero-order valence-corrected chi connectivity index (χ0v) is 14.5. The minimum Gasteiger partial charge on any atom is -0.358 e. The Kier molecular flexibility index (Phi) is 4.57. The number of benzene rings is 1. The summed E-state index contributed by atoms with van der Waals surface area (Å²) in [4.78, 5) is 10.0. The first-order valence-electron chi connectivity index (χ1n) is 6.72. The lowest BCUT2D eigenvalue weighted by Gasteiger charge is -2.15. The van der Waals surface area contributed by atoms with E-state index in [1.54, 1.807) is 0 Å². The van der Waals surface area contributed by atoms with Crippen LogP contribution in [-0.4, -0.2) is 36.0 Å². The number of H-pyrrole nitrogens is 1. The summed E-state index contributed by atoms with van der Waals surface area (Å²) in [5.74, 6) is 1.00. The van der Waals surface area contributed by atoms with E-state index >= 15 is 0 Å². The number of rotatable bonds is 2. The topological polar surface area (TPSA) is 43.4 Å². The van der Waals surface area contributed by atoms with Crippen LogP contribution in [0.3, 0.4) is 0 Å². The van der Waals surface area contributed by atoms with Gasteiger partial charge >= 0.3 is 0 Å². The number of hydrogen-bond donors (Lipinski definition) is 2. The summed E-state index contributed by atoms with van der Waals surface area (Å²) in [5.41, 5.74) is 5.10. The monoisotopic (exact) mass is 384 g/mol. The highest BCUT2D eigenvalue weighted by atomic mass is 127. The minimum absolute atomic E-state index is 0. The van der Waals surface area contributed by atoms with E-state index in [9.17, 15) is 0 Å². The molecule has 0 fully saturated rings. The molecule has 0 saturated heterocycles. The molecule has 1 aromatic carbocycles. The lowest BCUT2D eigenvalue weighted by atomic mass is 10.1. The molecule has 0 saturated carbocycles. The molecule has 1 aliphatic heterocycles.